The highest BCUT2D eigenvalue weighted by Gasteiger charge is 2.32. The van der Waals surface area contributed by atoms with Crippen molar-refractivity contribution >= 4 is 22.5 Å². The zero-order valence-corrected chi connectivity index (χ0v) is 11.5. The Kier molecular flexibility index (Phi) is 3.55. The fourth-order valence-corrected chi connectivity index (χ4v) is 2.17. The van der Waals surface area contributed by atoms with E-state index in [0.29, 0.717) is 16.6 Å². The second kappa shape index (κ2) is 5.42. The van der Waals surface area contributed by atoms with Crippen molar-refractivity contribution in [3.05, 3.63) is 65.6 Å². The zero-order chi connectivity index (χ0) is 16.6. The third kappa shape index (κ3) is 3.18. The van der Waals surface area contributed by atoms with Crippen LogP contribution >= 0.6 is 0 Å². The van der Waals surface area contributed by atoms with Crippen LogP contribution in [0.4, 0.5) is 23.2 Å². The van der Waals surface area contributed by atoms with Gasteiger partial charge >= 0.3 is 6.18 Å². The van der Waals surface area contributed by atoms with E-state index in [1.54, 1.807) is 0 Å². The molecule has 0 aliphatic carbocycles. The Hall–Kier alpha value is -2.83. The minimum Gasteiger partial charge on any atom is -0.351 e. The molecule has 0 fully saturated rings. The molecule has 1 amide bonds. The summed E-state index contributed by atoms with van der Waals surface area (Å²) in [4.78, 5) is 14.3. The smallest absolute Gasteiger partial charge is 0.351 e. The van der Waals surface area contributed by atoms with Gasteiger partial charge in [-0.25, -0.2) is 4.39 Å². The minimum atomic E-state index is -4.46. The number of hydrogen-bond donors (Lipinski definition) is 2. The lowest BCUT2D eigenvalue weighted by molar-refractivity contribution is -0.140. The van der Waals surface area contributed by atoms with Crippen LogP contribution in [0.3, 0.4) is 0 Å². The van der Waals surface area contributed by atoms with Gasteiger partial charge in [0, 0.05) is 22.2 Å². The highest BCUT2D eigenvalue weighted by molar-refractivity contribution is 6.05. The summed E-state index contributed by atoms with van der Waals surface area (Å²) < 4.78 is 50.8. The molecule has 23 heavy (non-hydrogen) atoms. The second-order valence-electron chi connectivity index (χ2n) is 4.94. The Labute approximate surface area is 127 Å². The predicted octanol–water partition coefficient (Wildman–Crippen LogP) is 4.58. The van der Waals surface area contributed by atoms with Crippen LogP contribution in [0, 0.1) is 5.82 Å². The third-order valence-electron chi connectivity index (χ3n) is 3.29. The first-order valence-electron chi connectivity index (χ1n) is 6.60. The fraction of sp³-hybridized carbons (Fsp3) is 0.0625. The molecule has 0 spiro atoms. The van der Waals surface area contributed by atoms with E-state index in [0.717, 1.165) is 18.2 Å². The maximum Gasteiger partial charge on any atom is 0.431 e. The van der Waals surface area contributed by atoms with Crippen LogP contribution in [0.2, 0.25) is 0 Å². The average Bonchev–Trinajstić information content (AvgIpc) is 2.91. The van der Waals surface area contributed by atoms with Crippen molar-refractivity contribution in [2.24, 2.45) is 0 Å². The minimum absolute atomic E-state index is 0.247. The number of halogens is 4. The van der Waals surface area contributed by atoms with E-state index in [4.69, 9.17) is 0 Å². The lowest BCUT2D eigenvalue weighted by Crippen LogP contribution is -2.11. The van der Waals surface area contributed by atoms with Crippen molar-refractivity contribution in [2.75, 3.05) is 5.32 Å². The standard InChI is InChI=1S/C16H10F4N2O/c17-11-3-1-9(2-4-11)15(23)21-12-5-6-13-10(7-12)8-14(22-13)16(18,19)20/h1-8,22H,(H,21,23). The number of rotatable bonds is 2. The molecule has 0 aliphatic rings. The molecule has 0 bridgehead atoms. The molecule has 2 N–H and O–H groups in total. The second-order valence-corrected chi connectivity index (χ2v) is 4.94. The van der Waals surface area contributed by atoms with Gasteiger partial charge in [0.1, 0.15) is 11.5 Å². The van der Waals surface area contributed by atoms with E-state index in [2.05, 4.69) is 10.3 Å². The third-order valence-corrected chi connectivity index (χ3v) is 3.29. The van der Waals surface area contributed by atoms with Crippen molar-refractivity contribution in [3.63, 3.8) is 0 Å². The molecule has 0 atom stereocenters. The first-order valence-corrected chi connectivity index (χ1v) is 6.60. The largest absolute Gasteiger partial charge is 0.431 e. The first-order chi connectivity index (χ1) is 10.8. The number of aromatic nitrogens is 1. The molecule has 0 unspecified atom stereocenters. The molecule has 0 aliphatic heterocycles. The number of nitrogens with one attached hydrogen (secondary N) is 2. The van der Waals surface area contributed by atoms with Crippen LogP contribution in [-0.4, -0.2) is 10.9 Å². The Balaban J connectivity index is 1.85. The summed E-state index contributed by atoms with van der Waals surface area (Å²) in [6.45, 7) is 0. The number of aromatic amines is 1. The molecule has 2 aromatic carbocycles. The van der Waals surface area contributed by atoms with E-state index in [1.807, 2.05) is 0 Å². The molecule has 3 nitrogen and oxygen atoms in total. The highest BCUT2D eigenvalue weighted by atomic mass is 19.4. The number of H-pyrrole nitrogens is 1. The topological polar surface area (TPSA) is 44.9 Å². The summed E-state index contributed by atoms with van der Waals surface area (Å²) in [5, 5.41) is 2.89. The van der Waals surface area contributed by atoms with Crippen molar-refractivity contribution in [1.82, 2.24) is 4.98 Å². The maximum atomic E-state index is 12.8. The molecule has 0 radical (unpaired) electrons. The molecule has 3 rings (SSSR count). The van der Waals surface area contributed by atoms with E-state index >= 15 is 0 Å². The van der Waals surface area contributed by atoms with E-state index in [1.165, 1.54) is 30.3 Å². The van der Waals surface area contributed by atoms with E-state index in [9.17, 15) is 22.4 Å². The van der Waals surface area contributed by atoms with Gasteiger partial charge in [-0.2, -0.15) is 13.2 Å². The van der Waals surface area contributed by atoms with Gasteiger partial charge in [0.15, 0.2) is 0 Å². The maximum absolute atomic E-state index is 12.8. The summed E-state index contributed by atoms with van der Waals surface area (Å²) in [5.74, 6) is -0.939. The molecule has 1 heterocycles. The lowest BCUT2D eigenvalue weighted by Gasteiger charge is -2.05. The Bertz CT molecular complexity index is 866. The zero-order valence-electron chi connectivity index (χ0n) is 11.5. The van der Waals surface area contributed by atoms with Crippen LogP contribution in [0.5, 0.6) is 0 Å². The van der Waals surface area contributed by atoms with E-state index in [-0.39, 0.29) is 5.56 Å². The summed E-state index contributed by atoms with van der Waals surface area (Å²) in [5.41, 5.74) is 0.0581. The Morgan fingerprint density at radius 1 is 1.00 bits per heavy atom. The number of benzene rings is 2. The molecular weight excluding hydrogens is 312 g/mol. The number of hydrogen-bond acceptors (Lipinski definition) is 1. The van der Waals surface area contributed by atoms with Crippen LogP contribution < -0.4 is 5.32 Å². The SMILES string of the molecule is O=C(Nc1ccc2[nH]c(C(F)(F)F)cc2c1)c1ccc(F)cc1. The quantitative estimate of drug-likeness (QED) is 0.667. The van der Waals surface area contributed by atoms with Crippen LogP contribution in [0.1, 0.15) is 16.1 Å². The lowest BCUT2D eigenvalue weighted by atomic mass is 10.2. The Morgan fingerprint density at radius 2 is 1.70 bits per heavy atom. The monoisotopic (exact) mass is 322 g/mol. The van der Waals surface area contributed by atoms with Crippen molar-refractivity contribution in [3.8, 4) is 0 Å². The average molecular weight is 322 g/mol. The van der Waals surface area contributed by atoms with Gasteiger partial charge in [0.2, 0.25) is 0 Å². The fourth-order valence-electron chi connectivity index (χ4n) is 2.17. The molecule has 7 heteroatoms. The van der Waals surface area contributed by atoms with Crippen molar-refractivity contribution < 1.29 is 22.4 Å². The highest BCUT2D eigenvalue weighted by Crippen LogP contribution is 2.31. The van der Waals surface area contributed by atoms with Gasteiger partial charge in [0.25, 0.3) is 5.91 Å². The normalized spacial score (nSPS) is 11.7. The number of alkyl halides is 3. The van der Waals surface area contributed by atoms with Gasteiger partial charge in [-0.05, 0) is 48.5 Å². The summed E-state index contributed by atoms with van der Waals surface area (Å²) in [6, 6.07) is 10.3. The summed E-state index contributed by atoms with van der Waals surface area (Å²) in [6.07, 6.45) is -4.46. The number of fused-ring (bicyclic) bond motifs is 1. The van der Waals surface area contributed by atoms with Gasteiger partial charge in [-0.3, -0.25) is 4.79 Å². The van der Waals surface area contributed by atoms with Gasteiger partial charge < -0.3 is 10.3 Å². The summed E-state index contributed by atoms with van der Waals surface area (Å²) in [7, 11) is 0. The molecule has 118 valence electrons. The van der Waals surface area contributed by atoms with Gasteiger partial charge in [-0.1, -0.05) is 0 Å². The number of anilines is 1. The molecule has 3 aromatic rings. The first kappa shape index (κ1) is 15.1. The van der Waals surface area contributed by atoms with Crippen molar-refractivity contribution in [2.45, 2.75) is 6.18 Å². The van der Waals surface area contributed by atoms with Crippen LogP contribution in [0.15, 0.2) is 48.5 Å². The number of amides is 1. The number of carbonyl (C=O) groups is 1. The number of carbonyl (C=O) groups excluding carboxylic acids is 1. The summed E-state index contributed by atoms with van der Waals surface area (Å²) >= 11 is 0. The molecule has 1 aromatic heterocycles. The van der Waals surface area contributed by atoms with Gasteiger partial charge in [-0.15, -0.1) is 0 Å². The van der Waals surface area contributed by atoms with Crippen LogP contribution in [-0.2, 0) is 6.18 Å². The van der Waals surface area contributed by atoms with E-state index < -0.39 is 23.6 Å². The predicted molar refractivity (Wildman–Crippen MR) is 77.7 cm³/mol. The Morgan fingerprint density at radius 3 is 2.35 bits per heavy atom. The van der Waals surface area contributed by atoms with Gasteiger partial charge in [0.05, 0.1) is 0 Å². The van der Waals surface area contributed by atoms with Crippen molar-refractivity contribution in [1.29, 1.82) is 0 Å². The van der Waals surface area contributed by atoms with Crippen LogP contribution in [0.25, 0.3) is 10.9 Å². The molecule has 0 saturated heterocycles. The molecular formula is C16H10F4N2O. The molecule has 0 saturated carbocycles.